The summed E-state index contributed by atoms with van der Waals surface area (Å²) in [6.07, 6.45) is 1.69. The fraction of sp³-hybridized carbons (Fsp3) is 0.750. The topological polar surface area (TPSA) is 370 Å². The van der Waals surface area contributed by atoms with Crippen molar-refractivity contribution in [3.63, 3.8) is 0 Å². The summed E-state index contributed by atoms with van der Waals surface area (Å²) in [6, 6.07) is 0. The lowest BCUT2D eigenvalue weighted by Gasteiger charge is -1.85. The summed E-state index contributed by atoms with van der Waals surface area (Å²) in [5.41, 5.74) is 0. The molecule has 0 aromatic carbocycles. The Morgan fingerprint density at radius 2 is 0.500 bits per heavy atom. The van der Waals surface area contributed by atoms with E-state index < -0.39 is 23.9 Å². The standard InChI is InChI=1S/4C4H8O3.4H3N/c4*5-3-1-2-4(6)7;;;;/h4*5H,1-3H2,(H,6,7);4*1H3. The third-order valence-corrected chi connectivity index (χ3v) is 2.20. The van der Waals surface area contributed by atoms with Gasteiger partial charge in [-0.15, -0.1) is 0 Å². The lowest BCUT2D eigenvalue weighted by Crippen LogP contribution is -1.95. The highest BCUT2D eigenvalue weighted by atomic mass is 16.4. The van der Waals surface area contributed by atoms with Gasteiger partial charge in [0.05, 0.1) is 0 Å². The molecule has 0 fully saturated rings. The fourth-order valence-corrected chi connectivity index (χ4v) is 0.921. The Morgan fingerprint density at radius 1 is 0.375 bits per heavy atom. The van der Waals surface area contributed by atoms with E-state index >= 15 is 0 Å². The molecular formula is C16H44N4O12. The van der Waals surface area contributed by atoms with Gasteiger partial charge in [-0.25, -0.2) is 0 Å². The molecule has 0 radical (unpaired) electrons. The second-order valence-corrected chi connectivity index (χ2v) is 4.88. The zero-order valence-corrected chi connectivity index (χ0v) is 18.5. The van der Waals surface area contributed by atoms with Crippen LogP contribution in [-0.2, 0) is 19.2 Å². The Hall–Kier alpha value is -2.44. The summed E-state index contributed by atoms with van der Waals surface area (Å²) in [7, 11) is 0. The van der Waals surface area contributed by atoms with Crippen LogP contribution in [0.4, 0.5) is 0 Å². The van der Waals surface area contributed by atoms with Gasteiger partial charge in [-0.2, -0.15) is 0 Å². The minimum atomic E-state index is -0.853. The number of rotatable bonds is 12. The summed E-state index contributed by atoms with van der Waals surface area (Å²) in [4.78, 5) is 38.6. The molecule has 0 atom stereocenters. The van der Waals surface area contributed by atoms with Crippen molar-refractivity contribution in [1.82, 2.24) is 24.6 Å². The molecule has 0 saturated heterocycles. The van der Waals surface area contributed by atoms with Crippen LogP contribution in [0.2, 0.25) is 0 Å². The Balaban J connectivity index is -0.0000000384. The molecule has 0 bridgehead atoms. The van der Waals surface area contributed by atoms with Gasteiger partial charge < -0.3 is 65.5 Å². The smallest absolute Gasteiger partial charge is 0.303 e. The van der Waals surface area contributed by atoms with Gasteiger partial charge in [0, 0.05) is 52.1 Å². The van der Waals surface area contributed by atoms with Crippen molar-refractivity contribution < 1.29 is 60.0 Å². The van der Waals surface area contributed by atoms with Gasteiger partial charge in [-0.3, -0.25) is 19.2 Å². The lowest BCUT2D eigenvalue weighted by molar-refractivity contribution is -0.138. The van der Waals surface area contributed by atoms with Crippen molar-refractivity contribution in [1.29, 1.82) is 0 Å². The first-order valence-corrected chi connectivity index (χ1v) is 8.39. The van der Waals surface area contributed by atoms with Gasteiger partial charge >= 0.3 is 23.9 Å². The molecular weight excluding hydrogens is 440 g/mol. The summed E-state index contributed by atoms with van der Waals surface area (Å²) in [6.45, 7) is -0.142. The molecule has 0 aliphatic carbocycles. The average Bonchev–Trinajstić information content (AvgIpc) is 2.62. The van der Waals surface area contributed by atoms with Crippen LogP contribution in [0.15, 0.2) is 0 Å². The molecule has 0 aromatic rings. The van der Waals surface area contributed by atoms with Gasteiger partial charge in [0.2, 0.25) is 0 Å². The normalized spacial score (nSPS) is 7.62. The summed E-state index contributed by atoms with van der Waals surface area (Å²) in [5.74, 6) is -3.41. The molecule has 200 valence electrons. The van der Waals surface area contributed by atoms with Crippen molar-refractivity contribution >= 4 is 23.9 Å². The van der Waals surface area contributed by atoms with Crippen LogP contribution in [0, 0.1) is 0 Å². The first kappa shape index (κ1) is 51.9. The number of carbonyl (C=O) groups is 4. The maximum absolute atomic E-state index is 9.65. The molecule has 32 heavy (non-hydrogen) atoms. The highest BCUT2D eigenvalue weighted by Gasteiger charge is 1.93. The zero-order chi connectivity index (χ0) is 22.8. The molecule has 0 aliphatic rings. The van der Waals surface area contributed by atoms with Gasteiger partial charge in [-0.1, -0.05) is 0 Å². The van der Waals surface area contributed by atoms with Crippen LogP contribution < -0.4 is 24.6 Å². The monoisotopic (exact) mass is 484 g/mol. The van der Waals surface area contributed by atoms with Crippen LogP contribution in [0.25, 0.3) is 0 Å². The SMILES string of the molecule is N.N.N.N.O=C(O)CCCO.O=C(O)CCCO.O=C(O)CCCO.O=C(O)CCCO. The second kappa shape index (κ2) is 46.7. The molecule has 20 N–H and O–H groups in total. The minimum absolute atomic E-state index is 0. The molecule has 0 saturated carbocycles. The van der Waals surface area contributed by atoms with E-state index in [0.29, 0.717) is 25.7 Å². The maximum Gasteiger partial charge on any atom is 0.303 e. The van der Waals surface area contributed by atoms with Crippen molar-refractivity contribution in [2.75, 3.05) is 26.4 Å². The van der Waals surface area contributed by atoms with Crippen molar-refractivity contribution in [2.45, 2.75) is 51.4 Å². The van der Waals surface area contributed by atoms with Gasteiger partial charge in [0.25, 0.3) is 0 Å². The molecule has 0 spiro atoms. The second-order valence-electron chi connectivity index (χ2n) is 4.88. The van der Waals surface area contributed by atoms with Crippen LogP contribution in [0.5, 0.6) is 0 Å². The number of carboxylic acid groups (broad SMARTS) is 4. The first-order chi connectivity index (χ1) is 13.1. The van der Waals surface area contributed by atoms with Gasteiger partial charge in [0.15, 0.2) is 0 Å². The predicted molar refractivity (Wildman–Crippen MR) is 116 cm³/mol. The molecule has 0 aromatic heterocycles. The van der Waals surface area contributed by atoms with E-state index in [-0.39, 0.29) is 76.7 Å². The van der Waals surface area contributed by atoms with Gasteiger partial charge in [0.1, 0.15) is 0 Å². The third-order valence-electron chi connectivity index (χ3n) is 2.20. The van der Waals surface area contributed by atoms with E-state index in [1.165, 1.54) is 0 Å². The number of carboxylic acids is 4. The van der Waals surface area contributed by atoms with Crippen LogP contribution in [0.1, 0.15) is 51.4 Å². The third kappa shape index (κ3) is 106. The van der Waals surface area contributed by atoms with Gasteiger partial charge in [-0.05, 0) is 25.7 Å². The van der Waals surface area contributed by atoms with E-state index in [4.69, 9.17) is 40.9 Å². The number of aliphatic hydroxyl groups excluding tert-OH is 4. The highest BCUT2D eigenvalue weighted by Crippen LogP contribution is 1.85. The van der Waals surface area contributed by atoms with E-state index in [1.54, 1.807) is 0 Å². The number of aliphatic hydroxyl groups is 4. The highest BCUT2D eigenvalue weighted by molar-refractivity contribution is 5.67. The molecule has 0 amide bonds. The lowest BCUT2D eigenvalue weighted by atomic mass is 10.3. The van der Waals surface area contributed by atoms with Crippen molar-refractivity contribution in [2.24, 2.45) is 0 Å². The van der Waals surface area contributed by atoms with Crippen molar-refractivity contribution in [3.05, 3.63) is 0 Å². The Morgan fingerprint density at radius 3 is 0.531 bits per heavy atom. The summed E-state index contributed by atoms with van der Waals surface area (Å²) >= 11 is 0. The van der Waals surface area contributed by atoms with E-state index in [2.05, 4.69) is 0 Å². The Labute approximate surface area is 187 Å². The fourth-order valence-electron chi connectivity index (χ4n) is 0.921. The summed E-state index contributed by atoms with van der Waals surface area (Å²) in [5, 5.41) is 63.9. The first-order valence-electron chi connectivity index (χ1n) is 8.39. The Kier molecular flexibility index (Phi) is 75.6. The average molecular weight is 485 g/mol. The predicted octanol–water partition coefficient (Wildman–Crippen LogP) is 0.0220. The van der Waals surface area contributed by atoms with E-state index in [1.807, 2.05) is 0 Å². The maximum atomic E-state index is 9.65. The molecule has 0 aliphatic heterocycles. The number of aliphatic carboxylic acids is 4. The van der Waals surface area contributed by atoms with Crippen molar-refractivity contribution in [3.8, 4) is 0 Å². The van der Waals surface area contributed by atoms with Crippen LogP contribution in [0.3, 0.4) is 0 Å². The number of hydrogen-bond acceptors (Lipinski definition) is 12. The number of hydrogen-bond donors (Lipinski definition) is 12. The Bertz CT molecular complexity index is 329. The van der Waals surface area contributed by atoms with Crippen LogP contribution >= 0.6 is 0 Å². The van der Waals surface area contributed by atoms with E-state index in [9.17, 15) is 19.2 Å². The quantitative estimate of drug-likeness (QED) is 0.173. The largest absolute Gasteiger partial charge is 0.481 e. The van der Waals surface area contributed by atoms with Crippen LogP contribution in [-0.4, -0.2) is 91.2 Å². The zero-order valence-electron chi connectivity index (χ0n) is 18.5. The molecule has 16 nitrogen and oxygen atoms in total. The molecule has 0 unspecified atom stereocenters. The molecule has 0 heterocycles. The summed E-state index contributed by atoms with van der Waals surface area (Å²) < 4.78 is 0. The minimum Gasteiger partial charge on any atom is -0.481 e. The molecule has 0 rings (SSSR count). The van der Waals surface area contributed by atoms with E-state index in [0.717, 1.165) is 0 Å². The molecule has 16 heteroatoms.